The Morgan fingerprint density at radius 2 is 1.31 bits per heavy atom. The predicted octanol–water partition coefficient (Wildman–Crippen LogP) is -0.187. The Morgan fingerprint density at radius 3 is 1.94 bits per heavy atom. The fourth-order valence-electron chi connectivity index (χ4n) is 14.4. The van der Waals surface area contributed by atoms with E-state index in [0.717, 1.165) is 118 Å². The van der Waals surface area contributed by atoms with Crippen molar-refractivity contribution in [2.24, 2.45) is 5.92 Å². The van der Waals surface area contributed by atoms with Crippen molar-refractivity contribution in [2.45, 2.75) is 195 Å². The number of methoxy groups -OCH3 is 1. The van der Waals surface area contributed by atoms with Gasteiger partial charge in [0, 0.05) is 120 Å². The molecule has 5 aliphatic rings. The second-order valence-corrected chi connectivity index (χ2v) is 30.7. The predicted molar refractivity (Wildman–Crippen MR) is 396 cm³/mol. The van der Waals surface area contributed by atoms with Crippen LogP contribution in [-0.4, -0.2) is 303 Å². The van der Waals surface area contributed by atoms with Crippen LogP contribution >= 0.6 is 22.5 Å². The molecule has 18 N–H and O–H groups in total. The lowest BCUT2D eigenvalue weighted by atomic mass is 9.91. The van der Waals surface area contributed by atoms with E-state index in [4.69, 9.17) is 9.47 Å². The number of ether oxygens (including phenoxy) is 2. The Morgan fingerprint density at radius 1 is 0.694 bits per heavy atom. The first-order valence-corrected chi connectivity index (χ1v) is 39.2. The molecule has 598 valence electrons. The van der Waals surface area contributed by atoms with Crippen molar-refractivity contribution in [1.29, 1.82) is 0 Å². The number of fused-ring (bicyclic) bond motifs is 2. The van der Waals surface area contributed by atoms with Crippen LogP contribution in [0.4, 0.5) is 5.69 Å². The third kappa shape index (κ3) is 23.1. The van der Waals surface area contributed by atoms with Crippen molar-refractivity contribution in [3.05, 3.63) is 77.9 Å². The maximum atomic E-state index is 15.0. The highest BCUT2D eigenvalue weighted by Gasteiger charge is 2.50. The Labute approximate surface area is 632 Å². The second kappa shape index (κ2) is 40.0. The molecule has 0 bridgehead atoms. The molecule has 1 unspecified atom stereocenters. The number of rotatable bonds is 29. The van der Waals surface area contributed by atoms with E-state index in [9.17, 15) is 88.4 Å². The Balaban J connectivity index is 0.895. The summed E-state index contributed by atoms with van der Waals surface area (Å²) in [6.45, 7) is 4.99. The molecular formula is C72H106N12O22S2. The zero-order valence-corrected chi connectivity index (χ0v) is 62.6. The van der Waals surface area contributed by atoms with Gasteiger partial charge >= 0.3 is 0 Å². The van der Waals surface area contributed by atoms with Gasteiger partial charge in [0.2, 0.25) is 35.4 Å². The molecular weight excluding hydrogens is 1450 g/mol. The third-order valence-corrected chi connectivity index (χ3v) is 22.0. The zero-order chi connectivity index (χ0) is 77.9. The highest BCUT2D eigenvalue weighted by Crippen LogP contribution is 2.41. The number of nitrogens with zero attached hydrogens (tertiary/aromatic N) is 6. The Kier molecular flexibility index (Phi) is 31.4. The average Bonchev–Trinajstić information content (AvgIpc) is 1.62. The van der Waals surface area contributed by atoms with Crippen LogP contribution in [0.2, 0.25) is 0 Å². The van der Waals surface area contributed by atoms with Gasteiger partial charge in [-0.1, -0.05) is 62.1 Å². The Hall–Kier alpha value is -7.34. The molecule has 4 aliphatic heterocycles. The number of aliphatic hydroxyl groups excluding tert-OH is 8. The van der Waals surface area contributed by atoms with E-state index in [1.807, 2.05) is 12.1 Å². The molecule has 108 heavy (non-hydrogen) atoms. The number of carbonyl (C=O) groups excluding carboxylic acids is 7. The number of anilines is 1. The highest BCUT2D eigenvalue weighted by molar-refractivity contribution is 8.15. The summed E-state index contributed by atoms with van der Waals surface area (Å²) in [6, 6.07) is 5.39. The fraction of sp³-hybridized carbons (Fsp3) is 0.625. The monoisotopic (exact) mass is 1550 g/mol. The number of phenols is 1. The largest absolute Gasteiger partial charge is 0.504 e. The van der Waals surface area contributed by atoms with Crippen LogP contribution in [0.5, 0.6) is 11.5 Å². The summed E-state index contributed by atoms with van der Waals surface area (Å²) in [6.07, 6.45) is -1.07. The average molecular weight is 1560 g/mol. The normalized spacial score (nSPS) is 26.5. The molecule has 0 spiro atoms. The number of hydrogen-bond donors (Lipinski definition) is 18. The number of benzene rings is 3. The van der Waals surface area contributed by atoms with Crippen molar-refractivity contribution in [1.82, 2.24) is 56.8 Å². The van der Waals surface area contributed by atoms with Crippen molar-refractivity contribution in [3.63, 3.8) is 0 Å². The van der Waals surface area contributed by atoms with Gasteiger partial charge in [0.25, 0.3) is 17.1 Å². The van der Waals surface area contributed by atoms with Crippen molar-refractivity contribution in [3.8, 4) is 32.6 Å². The summed E-state index contributed by atoms with van der Waals surface area (Å²) >= 11 is -3.42. The van der Waals surface area contributed by atoms with Crippen LogP contribution in [0, 0.1) is 5.92 Å². The molecule has 7 amide bonds. The molecule has 34 nitrogen and oxygen atoms in total. The zero-order valence-electron chi connectivity index (χ0n) is 60.9. The molecule has 13 atom stereocenters. The minimum atomic E-state index is -4.75. The van der Waals surface area contributed by atoms with Crippen LogP contribution in [0.3, 0.4) is 0 Å². The summed E-state index contributed by atoms with van der Waals surface area (Å²) in [7, 11) is 1.75. The second-order valence-electron chi connectivity index (χ2n) is 28.6. The fourth-order valence-corrected chi connectivity index (χ4v) is 15.7. The summed E-state index contributed by atoms with van der Waals surface area (Å²) < 4.78 is 44.9. The van der Waals surface area contributed by atoms with Gasteiger partial charge in [-0.3, -0.25) is 52.1 Å². The molecule has 5 fully saturated rings. The number of aliphatic hydroxyl groups is 8. The smallest absolute Gasteiger partial charge is 0.266 e. The third-order valence-electron chi connectivity index (χ3n) is 20.6. The number of carbonyl (C=O) groups is 7. The van der Waals surface area contributed by atoms with Crippen LogP contribution < -0.4 is 41.0 Å². The molecule has 4 aromatic rings. The molecule has 1 saturated carbocycles. The summed E-state index contributed by atoms with van der Waals surface area (Å²) in [5, 5.41) is 124. The van der Waals surface area contributed by atoms with Crippen molar-refractivity contribution < 1.29 is 107 Å². The topological polar surface area (TPSA) is 501 Å². The number of piperazine rings is 1. The highest BCUT2D eigenvalue weighted by atomic mass is 32.3. The van der Waals surface area contributed by atoms with Gasteiger partial charge in [-0.25, -0.2) is 0 Å². The van der Waals surface area contributed by atoms with Crippen molar-refractivity contribution >= 4 is 69.5 Å². The number of amides is 7. The number of nitrogens with one attached hydrogen (secondary N) is 6. The van der Waals surface area contributed by atoms with Gasteiger partial charge in [0.15, 0.2) is 11.5 Å². The standard InChI is InChI=1S/C72H106N12O22S2/c1-41-37-84-62(63(41)93)68(98)74-36-50(88)34-53(75-64(94)44-11-13-45(14-12-44)69-79-80-70(107-69)46-15-17-48(18-16-46)81-26-28-82(29-27-81)49-19-21-52(22-20-49)105-31-9-7-5-4-6-8-30-104-3)65(95)76-59(42(2)87)71(99)83-38-51(89)35-54(83)66(96)77-60(57(92)32-43-10-23-55(90)58(33-43)106-108(101,102)103)67(97)78-61(72(84)100)56(91)24-25-73-47(39-85)40-86/h10-18,23,33,41-42,47,49-54,56-57,59-63,73,85-93,101-103H,4-9,19-22,24-32,34-40H2,1-3H3,(H,74,98)(H,75,94)(H,76,95)(H,77,96)(H,78,97)/t41-,42+,49?,50+,51+,52?,53?,54-,56+,57+,59-,60-,61-,62-,63-/m0/s1. The minimum Gasteiger partial charge on any atom is -0.504 e. The number of aromatic hydroxyl groups is 1. The first kappa shape index (κ1) is 84.7. The van der Waals surface area contributed by atoms with Gasteiger partial charge in [-0.2, -0.15) is 0 Å². The van der Waals surface area contributed by atoms with Crippen LogP contribution in [-0.2, 0) is 44.7 Å². The van der Waals surface area contributed by atoms with E-state index >= 15 is 4.79 Å². The molecule has 9 rings (SSSR count). The summed E-state index contributed by atoms with van der Waals surface area (Å²) in [5.41, 5.74) is 2.50. The van der Waals surface area contributed by atoms with Gasteiger partial charge < -0.3 is 106 Å². The molecule has 4 saturated heterocycles. The van der Waals surface area contributed by atoms with E-state index in [1.165, 1.54) is 62.1 Å². The maximum Gasteiger partial charge on any atom is 0.266 e. The van der Waals surface area contributed by atoms with Crippen LogP contribution in [0.25, 0.3) is 21.1 Å². The SMILES string of the molecule is COCCCCCCCCOC1CCC(N2CCN(c3ccc(-c4nnc(-c5ccc(C(=O)NC6C[C@@H](O)CNC(=O)[C@@H]7[C@@H](O)[C@@H](C)CN7C(=O)[C@H]([C@H](O)CCNC(CO)CO)NC(=O)[C@H]([C@H](O)Cc7ccc(O)c(OS(O)(O)O)c7)NC(=O)[C@@H]7C[C@@H](O)CN7C(=O)[C@H]([C@@H](C)O)NC6=O)cc5)s4)cc3)CC2)CC1. The number of aromatic nitrogens is 2. The number of β-amino-alcohol motifs (C(OH)–C–C–N with tert-alkyl or cyclic N) is 1. The van der Waals surface area contributed by atoms with Crippen LogP contribution in [0.1, 0.15) is 113 Å². The van der Waals surface area contributed by atoms with E-state index in [-0.39, 0.29) is 24.2 Å². The summed E-state index contributed by atoms with van der Waals surface area (Å²) in [4.78, 5) is 109. The molecule has 36 heteroatoms. The van der Waals surface area contributed by atoms with E-state index in [2.05, 4.69) is 68.2 Å². The number of hydrogen-bond acceptors (Lipinski definition) is 28. The van der Waals surface area contributed by atoms with E-state index in [0.29, 0.717) is 27.7 Å². The van der Waals surface area contributed by atoms with Crippen molar-refractivity contribution in [2.75, 3.05) is 90.8 Å². The number of unbranched alkanes of at least 4 members (excludes halogenated alkanes) is 5. The quantitative estimate of drug-likeness (QED) is 0.0313. The maximum absolute atomic E-state index is 15.0. The van der Waals surface area contributed by atoms with Gasteiger partial charge in [-0.15, -0.1) is 10.2 Å². The lowest BCUT2D eigenvalue weighted by molar-refractivity contribution is -0.147. The lowest BCUT2D eigenvalue weighted by Gasteiger charge is -2.42. The molecule has 1 aromatic heterocycles. The molecule has 1 aliphatic carbocycles. The van der Waals surface area contributed by atoms with E-state index in [1.54, 1.807) is 19.2 Å². The van der Waals surface area contributed by atoms with Crippen LogP contribution in [0.15, 0.2) is 66.7 Å². The molecule has 0 radical (unpaired) electrons. The lowest BCUT2D eigenvalue weighted by Crippen LogP contribution is -2.64. The first-order chi connectivity index (χ1) is 51.6. The summed E-state index contributed by atoms with van der Waals surface area (Å²) in [5.74, 6) is -10.5. The van der Waals surface area contributed by atoms with Gasteiger partial charge in [-0.05, 0) is 113 Å². The minimum absolute atomic E-state index is 0.00787. The van der Waals surface area contributed by atoms with Gasteiger partial charge in [0.1, 0.15) is 46.3 Å². The Bertz CT molecular complexity index is 3600. The van der Waals surface area contributed by atoms with Gasteiger partial charge in [0.05, 0.1) is 62.0 Å². The molecule has 3 aromatic carbocycles. The van der Waals surface area contributed by atoms with E-state index < -0.39 is 201 Å². The first-order valence-electron chi connectivity index (χ1n) is 36.9. The molecule has 5 heterocycles. The number of phenolic OH excluding ortho intramolecular Hbond substituents is 1.